The number of rotatable bonds is 2. The Labute approximate surface area is 107 Å². The highest BCUT2D eigenvalue weighted by Crippen LogP contribution is 2.21. The van der Waals surface area contributed by atoms with Gasteiger partial charge in [0.1, 0.15) is 0 Å². The average Bonchev–Trinajstić information content (AvgIpc) is 2.41. The van der Waals surface area contributed by atoms with Crippen molar-refractivity contribution in [3.05, 3.63) is 45.6 Å². The molecule has 4 nitrogen and oxygen atoms in total. The van der Waals surface area contributed by atoms with Crippen LogP contribution in [-0.2, 0) is 0 Å². The molecule has 1 heterocycles. The second-order valence-electron chi connectivity index (χ2n) is 4.82. The van der Waals surface area contributed by atoms with Crippen LogP contribution in [0, 0.1) is 24.3 Å². The average molecular weight is 246 g/mol. The zero-order valence-electron chi connectivity index (χ0n) is 11.2. The molecular weight excluding hydrogens is 228 g/mol. The fraction of sp³-hybridized carbons (Fsp3) is 0.429. The molecule has 0 aliphatic rings. The second kappa shape index (κ2) is 4.44. The molecule has 0 spiro atoms. The summed E-state index contributed by atoms with van der Waals surface area (Å²) in [4.78, 5) is 0. The molecule has 2 rings (SSSR count). The summed E-state index contributed by atoms with van der Waals surface area (Å²) >= 11 is 0. The van der Waals surface area contributed by atoms with E-state index >= 15 is 0 Å². The molecule has 1 aromatic heterocycles. The molecule has 4 heteroatoms. The van der Waals surface area contributed by atoms with Gasteiger partial charge in [0.05, 0.1) is 0 Å². The van der Waals surface area contributed by atoms with Gasteiger partial charge in [-0.1, -0.05) is 19.9 Å². The van der Waals surface area contributed by atoms with Crippen molar-refractivity contribution in [2.45, 2.75) is 40.0 Å². The molecule has 0 fully saturated rings. The topological polar surface area (TPSA) is 53.9 Å². The molecule has 18 heavy (non-hydrogen) atoms. The minimum Gasteiger partial charge on any atom is -0.618 e. The van der Waals surface area contributed by atoms with Crippen LogP contribution in [0.15, 0.2) is 18.2 Å². The maximum atomic E-state index is 12.1. The zero-order valence-corrected chi connectivity index (χ0v) is 11.2. The fourth-order valence-electron chi connectivity index (χ4n) is 2.07. The zero-order chi connectivity index (χ0) is 13.4. The fourth-order valence-corrected chi connectivity index (χ4v) is 2.07. The summed E-state index contributed by atoms with van der Waals surface area (Å²) in [6.07, 6.45) is 1.01. The van der Waals surface area contributed by atoms with E-state index in [4.69, 9.17) is 0 Å². The van der Waals surface area contributed by atoms with E-state index in [0.29, 0.717) is 28.3 Å². The van der Waals surface area contributed by atoms with Gasteiger partial charge in [-0.15, -0.1) is 0 Å². The van der Waals surface area contributed by atoms with Crippen LogP contribution in [0.25, 0.3) is 11.0 Å². The number of hydrogen-bond donors (Lipinski definition) is 0. The third-order valence-electron chi connectivity index (χ3n) is 3.75. The number of benzene rings is 1. The highest BCUT2D eigenvalue weighted by molar-refractivity contribution is 5.69. The summed E-state index contributed by atoms with van der Waals surface area (Å²) in [5.41, 5.74) is 2.89. The van der Waals surface area contributed by atoms with Crippen molar-refractivity contribution < 1.29 is 9.46 Å². The van der Waals surface area contributed by atoms with Crippen LogP contribution < -0.4 is 9.46 Å². The van der Waals surface area contributed by atoms with Gasteiger partial charge < -0.3 is 10.4 Å². The number of nitrogens with zero attached hydrogens (tertiary/aromatic N) is 2. The molecule has 0 aliphatic heterocycles. The van der Waals surface area contributed by atoms with Gasteiger partial charge in [-0.3, -0.25) is 0 Å². The molecule has 2 aromatic rings. The van der Waals surface area contributed by atoms with Gasteiger partial charge in [-0.25, -0.2) is 0 Å². The highest BCUT2D eigenvalue weighted by Gasteiger charge is 2.22. The van der Waals surface area contributed by atoms with Gasteiger partial charge >= 0.3 is 0 Å². The Morgan fingerprint density at radius 3 is 2.17 bits per heavy atom. The van der Waals surface area contributed by atoms with Gasteiger partial charge in [-0.05, 0) is 17.9 Å². The third-order valence-corrected chi connectivity index (χ3v) is 3.75. The lowest BCUT2D eigenvalue weighted by Gasteiger charge is -2.12. The van der Waals surface area contributed by atoms with Crippen molar-refractivity contribution >= 4 is 11.0 Å². The molecule has 0 amide bonds. The van der Waals surface area contributed by atoms with Gasteiger partial charge in [0.25, 0.3) is 22.4 Å². The summed E-state index contributed by atoms with van der Waals surface area (Å²) in [7, 11) is 0. The van der Waals surface area contributed by atoms with Crippen molar-refractivity contribution in [1.29, 1.82) is 0 Å². The predicted octanol–water partition coefficient (Wildman–Crippen LogP) is 2.24. The third kappa shape index (κ3) is 1.78. The van der Waals surface area contributed by atoms with Crippen LogP contribution in [0.5, 0.6) is 0 Å². The van der Waals surface area contributed by atoms with E-state index in [2.05, 4.69) is 13.8 Å². The van der Waals surface area contributed by atoms with Crippen LogP contribution in [-0.4, -0.2) is 0 Å². The number of hydrogen-bond acceptors (Lipinski definition) is 2. The maximum absolute atomic E-state index is 12.1. The van der Waals surface area contributed by atoms with Crippen LogP contribution in [0.4, 0.5) is 0 Å². The van der Waals surface area contributed by atoms with Crippen LogP contribution in [0.3, 0.4) is 0 Å². The van der Waals surface area contributed by atoms with Gasteiger partial charge in [-0.2, -0.15) is 9.46 Å². The van der Waals surface area contributed by atoms with Gasteiger partial charge in [0.2, 0.25) is 0 Å². The molecule has 0 aliphatic carbocycles. The summed E-state index contributed by atoms with van der Waals surface area (Å²) in [6, 6.07) is 5.50. The minimum atomic E-state index is 0.385. The number of aromatic nitrogens is 2. The smallest absolute Gasteiger partial charge is 0.290 e. The standard InChI is InChI=1S/C14H18N2O2/c1-5-9(2)12-6-7-13-14(8-12)16(18)11(4)10(3)15(13)17/h6-9H,5H2,1-4H3. The SMILES string of the molecule is CCC(C)c1ccc2c(c1)[n+]([O-])c(C)c(C)[n+]2[O-]. The summed E-state index contributed by atoms with van der Waals surface area (Å²) in [5, 5.41) is 24.1. The summed E-state index contributed by atoms with van der Waals surface area (Å²) in [5.74, 6) is 0.385. The Balaban J connectivity index is 2.78. The van der Waals surface area contributed by atoms with Crippen molar-refractivity contribution in [1.82, 2.24) is 0 Å². The first-order valence-corrected chi connectivity index (χ1v) is 6.23. The Morgan fingerprint density at radius 1 is 1.06 bits per heavy atom. The normalized spacial score (nSPS) is 12.9. The van der Waals surface area contributed by atoms with Crippen LogP contribution in [0.2, 0.25) is 0 Å². The minimum absolute atomic E-state index is 0.385. The Kier molecular flexibility index (Phi) is 3.11. The molecule has 0 radical (unpaired) electrons. The summed E-state index contributed by atoms with van der Waals surface area (Å²) < 4.78 is 1.68. The largest absolute Gasteiger partial charge is 0.618 e. The van der Waals surface area contributed by atoms with E-state index in [-0.39, 0.29) is 0 Å². The second-order valence-corrected chi connectivity index (χ2v) is 4.82. The highest BCUT2D eigenvalue weighted by atomic mass is 16.5. The Morgan fingerprint density at radius 2 is 1.61 bits per heavy atom. The van der Waals surface area contributed by atoms with E-state index in [1.165, 1.54) is 0 Å². The molecule has 96 valence electrons. The lowest BCUT2D eigenvalue weighted by molar-refractivity contribution is -0.638. The first-order chi connectivity index (χ1) is 8.47. The molecular formula is C14H18N2O2. The molecule has 1 unspecified atom stereocenters. The Bertz CT molecular complexity index is 609. The van der Waals surface area contributed by atoms with E-state index in [9.17, 15) is 10.4 Å². The number of fused-ring (bicyclic) bond motifs is 1. The van der Waals surface area contributed by atoms with Crippen molar-refractivity contribution in [3.8, 4) is 0 Å². The van der Waals surface area contributed by atoms with E-state index in [1.807, 2.05) is 12.1 Å². The molecule has 1 atom stereocenters. The van der Waals surface area contributed by atoms with Crippen LogP contribution >= 0.6 is 0 Å². The van der Waals surface area contributed by atoms with Crippen molar-refractivity contribution in [2.24, 2.45) is 0 Å². The Hall–Kier alpha value is -1.84. The quantitative estimate of drug-likeness (QED) is 0.602. The van der Waals surface area contributed by atoms with E-state index < -0.39 is 0 Å². The van der Waals surface area contributed by atoms with Crippen LogP contribution in [0.1, 0.15) is 43.1 Å². The van der Waals surface area contributed by atoms with E-state index in [1.54, 1.807) is 19.9 Å². The molecule has 0 saturated heterocycles. The lowest BCUT2D eigenvalue weighted by Crippen LogP contribution is -2.43. The van der Waals surface area contributed by atoms with E-state index in [0.717, 1.165) is 21.4 Å². The predicted molar refractivity (Wildman–Crippen MR) is 70.0 cm³/mol. The molecule has 1 aromatic carbocycles. The molecule has 0 bridgehead atoms. The van der Waals surface area contributed by atoms with Gasteiger partial charge in [0, 0.05) is 26.0 Å². The first kappa shape index (κ1) is 12.6. The lowest BCUT2D eigenvalue weighted by atomic mass is 9.98. The van der Waals surface area contributed by atoms with Crippen molar-refractivity contribution in [3.63, 3.8) is 0 Å². The molecule has 0 saturated carbocycles. The first-order valence-electron chi connectivity index (χ1n) is 6.23. The monoisotopic (exact) mass is 246 g/mol. The maximum Gasteiger partial charge on any atom is 0.290 e. The summed E-state index contributed by atoms with van der Waals surface area (Å²) in [6.45, 7) is 7.56. The van der Waals surface area contributed by atoms with Gasteiger partial charge in [0.15, 0.2) is 0 Å². The van der Waals surface area contributed by atoms with Crippen molar-refractivity contribution in [2.75, 3.05) is 0 Å². The molecule has 0 N–H and O–H groups in total.